The summed E-state index contributed by atoms with van der Waals surface area (Å²) in [4.78, 5) is 1.05. The first kappa shape index (κ1) is 6.20. The Morgan fingerprint density at radius 1 is 1.53 bits per heavy atom. The number of rotatable bonds is 6. The number of hydrogen-bond acceptors (Lipinski definition) is 3. The Morgan fingerprint density at radius 3 is 3.11 bits per heavy atom. The lowest BCUT2D eigenvalue weighted by molar-refractivity contribution is 0.0638. The van der Waals surface area contributed by atoms with Crippen molar-refractivity contribution in [1.82, 2.24) is 14.7 Å². The fourth-order valence-corrected chi connectivity index (χ4v) is 1.55. The molecule has 4 nitrogen and oxygen atoms in total. The minimum absolute atomic E-state index is 0.0626. The van der Waals surface area contributed by atoms with Gasteiger partial charge in [-0.2, -0.15) is 5.10 Å². The normalized spacial score (nSPS) is 22.7. The Morgan fingerprint density at radius 2 is 2.37 bits per heavy atom. The van der Waals surface area contributed by atoms with Crippen LogP contribution in [-0.4, -0.2) is 41.9 Å². The van der Waals surface area contributed by atoms with Crippen molar-refractivity contribution in [1.29, 1.82) is 0 Å². The van der Waals surface area contributed by atoms with Gasteiger partial charge in [-0.15, -0.1) is 0 Å². The zero-order valence-corrected chi connectivity index (χ0v) is 10.6. The monoisotopic (exact) mass is 268 g/mol. The number of likely N-dealkylation sites (N-methyl/N-ethyl adjacent to an activating group) is 1. The van der Waals surface area contributed by atoms with Crippen molar-refractivity contribution in [2.45, 2.75) is 6.08 Å². The SMILES string of the molecule is [2H]c1nn(C([2H])([2H])[2H])c(C([2H])(OCCN(C)C([2H])([2H])[2H])c2ccccc2)c1[2H]. The summed E-state index contributed by atoms with van der Waals surface area (Å²) in [5, 5.41) is 3.59. The zero-order valence-electron chi connectivity index (χ0n) is 19.6. The Balaban J connectivity index is 2.50. The van der Waals surface area contributed by atoms with E-state index in [2.05, 4.69) is 5.10 Å². The number of nitrogens with zero attached hydrogens (tertiary/aromatic N) is 3. The van der Waals surface area contributed by atoms with E-state index in [9.17, 15) is 0 Å². The van der Waals surface area contributed by atoms with Gasteiger partial charge in [0.1, 0.15) is 6.08 Å². The first-order valence-corrected chi connectivity index (χ1v) is 5.76. The Bertz CT molecular complexity index is 804. The van der Waals surface area contributed by atoms with Gasteiger partial charge in [-0.1, -0.05) is 30.3 Å². The second-order valence-electron chi connectivity index (χ2n) is 3.96. The second-order valence-corrected chi connectivity index (χ2v) is 3.96. The summed E-state index contributed by atoms with van der Waals surface area (Å²) < 4.78 is 75.9. The Labute approximate surface area is 127 Å². The van der Waals surface area contributed by atoms with E-state index in [-0.39, 0.29) is 18.7 Å². The molecule has 1 unspecified atom stereocenters. The van der Waals surface area contributed by atoms with E-state index >= 15 is 0 Å². The van der Waals surface area contributed by atoms with Gasteiger partial charge in [0, 0.05) is 27.9 Å². The summed E-state index contributed by atoms with van der Waals surface area (Å²) in [6.07, 6.45) is -2.77. The molecule has 0 saturated carbocycles. The van der Waals surface area contributed by atoms with Gasteiger partial charge in [0.2, 0.25) is 0 Å². The first-order valence-electron chi connectivity index (χ1n) is 10.3. The van der Waals surface area contributed by atoms with Crippen molar-refractivity contribution < 1.29 is 17.1 Å². The minimum atomic E-state index is -2.83. The maximum Gasteiger partial charge on any atom is 0.124 e. The number of ether oxygens (including phenoxy) is 1. The lowest BCUT2D eigenvalue weighted by Crippen LogP contribution is -2.20. The maximum atomic E-state index is 8.88. The lowest BCUT2D eigenvalue weighted by Gasteiger charge is -2.20. The van der Waals surface area contributed by atoms with Crippen molar-refractivity contribution in [2.75, 3.05) is 27.2 Å². The van der Waals surface area contributed by atoms with Crippen LogP contribution in [0.1, 0.15) is 29.7 Å². The molecule has 2 rings (SSSR count). The van der Waals surface area contributed by atoms with Crippen LogP contribution in [-0.2, 0) is 11.7 Å². The van der Waals surface area contributed by atoms with E-state index in [0.29, 0.717) is 4.68 Å². The topological polar surface area (TPSA) is 30.3 Å². The molecule has 1 heterocycles. The van der Waals surface area contributed by atoms with Gasteiger partial charge in [0.15, 0.2) is 0 Å². The maximum absolute atomic E-state index is 8.88. The molecular weight excluding hydrogens is 238 g/mol. The Hall–Kier alpha value is -1.65. The van der Waals surface area contributed by atoms with Crippen LogP contribution < -0.4 is 0 Å². The van der Waals surface area contributed by atoms with Crippen LogP contribution in [0, 0.1) is 0 Å². The number of benzene rings is 1. The summed E-state index contributed by atoms with van der Waals surface area (Å²) in [5.41, 5.74) is -0.189. The van der Waals surface area contributed by atoms with Crippen LogP contribution in [0.3, 0.4) is 0 Å². The van der Waals surface area contributed by atoms with Gasteiger partial charge in [0.05, 0.1) is 16.4 Å². The van der Waals surface area contributed by atoms with Gasteiger partial charge in [-0.25, -0.2) is 0 Å². The Kier molecular flexibility index (Phi) is 2.12. The van der Waals surface area contributed by atoms with Crippen LogP contribution in [0.25, 0.3) is 0 Å². The number of aromatic nitrogens is 2. The van der Waals surface area contributed by atoms with Crippen molar-refractivity contribution >= 4 is 0 Å². The summed E-state index contributed by atoms with van der Waals surface area (Å²) in [5.74, 6) is 0. The van der Waals surface area contributed by atoms with Crippen LogP contribution in [0.2, 0.25) is 0 Å². The smallest absolute Gasteiger partial charge is 0.124 e. The number of hydrogen-bond donors (Lipinski definition) is 0. The molecular formula is C15H21N3O. The molecule has 0 saturated heterocycles. The van der Waals surface area contributed by atoms with Crippen molar-refractivity contribution in [3.63, 3.8) is 0 Å². The number of aryl methyl sites for hydroxylation is 1. The predicted molar refractivity (Wildman–Crippen MR) is 76.0 cm³/mol. The highest BCUT2D eigenvalue weighted by atomic mass is 16.5. The largest absolute Gasteiger partial charge is 0.366 e. The molecule has 2 aromatic rings. The van der Waals surface area contributed by atoms with E-state index in [1.807, 2.05) is 0 Å². The zero-order chi connectivity index (χ0) is 21.3. The molecule has 0 amide bonds. The van der Waals surface area contributed by atoms with Gasteiger partial charge < -0.3 is 9.64 Å². The predicted octanol–water partition coefficient (Wildman–Crippen LogP) is 2.09. The molecule has 19 heavy (non-hydrogen) atoms. The lowest BCUT2D eigenvalue weighted by atomic mass is 10.1. The molecule has 0 N–H and O–H groups in total. The summed E-state index contributed by atoms with van der Waals surface area (Å²) in [6, 6.07) is 7.46. The average molecular weight is 268 g/mol. The van der Waals surface area contributed by atoms with E-state index in [1.165, 1.54) is 19.2 Å². The van der Waals surface area contributed by atoms with Crippen molar-refractivity contribution in [3.05, 3.63) is 53.8 Å². The average Bonchev–Trinajstić information content (AvgIpc) is 2.90. The van der Waals surface area contributed by atoms with Gasteiger partial charge >= 0.3 is 0 Å². The molecule has 102 valence electrons. The third-order valence-corrected chi connectivity index (χ3v) is 2.46. The fourth-order valence-electron chi connectivity index (χ4n) is 1.55. The van der Waals surface area contributed by atoms with Gasteiger partial charge in [-0.05, 0) is 25.6 Å². The quantitative estimate of drug-likeness (QED) is 0.803. The van der Waals surface area contributed by atoms with Crippen LogP contribution in [0.15, 0.2) is 42.5 Å². The molecule has 0 aliphatic carbocycles. The van der Waals surface area contributed by atoms with Gasteiger partial charge in [0.25, 0.3) is 0 Å². The molecule has 1 aromatic heterocycles. The second kappa shape index (κ2) is 6.50. The molecule has 1 aromatic carbocycles. The first-order chi connectivity index (χ1) is 12.8. The molecule has 0 spiro atoms. The van der Waals surface area contributed by atoms with E-state index in [4.69, 9.17) is 17.1 Å². The summed E-state index contributed by atoms with van der Waals surface area (Å²) >= 11 is 0. The van der Waals surface area contributed by atoms with E-state index in [0.717, 1.165) is 4.90 Å². The standard InChI is InChI=1S/C15H21N3O/c1-17(2)11-12-19-15(13-7-5-4-6-8-13)14-9-10-16-18(14)3/h4-10,15H,11-12H2,1-3H3/i1D3,3D3,9D,10D,15D. The molecule has 0 aliphatic heterocycles. The van der Waals surface area contributed by atoms with Crippen molar-refractivity contribution in [2.24, 2.45) is 6.98 Å². The highest BCUT2D eigenvalue weighted by molar-refractivity contribution is 5.25. The van der Waals surface area contributed by atoms with E-state index < -0.39 is 37.9 Å². The fraction of sp³-hybridized carbons (Fsp3) is 0.400. The molecule has 1 atom stereocenters. The molecule has 0 bridgehead atoms. The minimum Gasteiger partial charge on any atom is -0.366 e. The molecule has 4 heteroatoms. The summed E-state index contributed by atoms with van der Waals surface area (Å²) in [6.45, 7) is -5.47. The van der Waals surface area contributed by atoms with Gasteiger partial charge in [-0.3, -0.25) is 4.68 Å². The highest BCUT2D eigenvalue weighted by Gasteiger charge is 2.17. The van der Waals surface area contributed by atoms with E-state index in [1.54, 1.807) is 18.2 Å². The third-order valence-electron chi connectivity index (χ3n) is 2.46. The third kappa shape index (κ3) is 3.66. The van der Waals surface area contributed by atoms with Crippen LogP contribution >= 0.6 is 0 Å². The molecule has 0 radical (unpaired) electrons. The molecule has 0 fully saturated rings. The highest BCUT2D eigenvalue weighted by Crippen LogP contribution is 2.25. The molecule has 0 aliphatic rings. The summed E-state index contributed by atoms with van der Waals surface area (Å²) in [7, 11) is 1.37. The van der Waals surface area contributed by atoms with Crippen LogP contribution in [0.4, 0.5) is 0 Å². The van der Waals surface area contributed by atoms with Crippen molar-refractivity contribution in [3.8, 4) is 0 Å². The van der Waals surface area contributed by atoms with Crippen LogP contribution in [0.5, 0.6) is 0 Å².